The second-order valence-corrected chi connectivity index (χ2v) is 1.54. The minimum Gasteiger partial charge on any atom is -1.00 e. The molecule has 0 unspecified atom stereocenters. The number of rotatable bonds is 0. The second kappa shape index (κ2) is 12.4. The summed E-state index contributed by atoms with van der Waals surface area (Å²) in [6.07, 6.45) is 0. The molecule has 0 spiro atoms. The molecule has 0 aliphatic rings. The molecule has 0 aromatic carbocycles. The summed E-state index contributed by atoms with van der Waals surface area (Å²) in [5.74, 6) is 0. The minimum absolute atomic E-state index is 0. The molecular weight excluding hydrogens is 334 g/mol. The smallest absolute Gasteiger partial charge is 1.00 e. The first-order valence-electron chi connectivity index (χ1n) is 0.783. The van der Waals surface area contributed by atoms with E-state index in [-0.39, 0.29) is 63.0 Å². The Morgan fingerprint density at radius 1 is 1.11 bits per heavy atom. The molecule has 0 atom stereocenters. The summed E-state index contributed by atoms with van der Waals surface area (Å²) in [5, 5.41) is 0. The molecule has 0 aromatic heterocycles. The van der Waals surface area contributed by atoms with Gasteiger partial charge >= 0.3 is 37.4 Å². The molecule has 0 amide bonds. The van der Waals surface area contributed by atoms with Gasteiger partial charge in [-0.25, -0.2) is 4.57 Å². The standard InChI is InChI=1S/Na.H3O4P.2H2O.W.H/c;1-5(2,3)4;;;;/h;(H3,1,2,3,4);2*1H2;;/q+1;;;;;-1. The van der Waals surface area contributed by atoms with Crippen LogP contribution in [0.2, 0.25) is 0 Å². The van der Waals surface area contributed by atoms with Gasteiger partial charge in [-0.3, -0.25) is 0 Å². The van der Waals surface area contributed by atoms with Gasteiger partial charge in [-0.1, -0.05) is 0 Å². The molecule has 0 saturated heterocycles. The Morgan fingerprint density at radius 2 is 1.11 bits per heavy atom. The van der Waals surface area contributed by atoms with Crippen LogP contribution in [0.1, 0.15) is 1.43 Å². The van der Waals surface area contributed by atoms with Crippen LogP contribution in [0.5, 0.6) is 0 Å². The molecule has 0 aromatic rings. The Hall–Kier alpha value is 1.72. The van der Waals surface area contributed by atoms with Gasteiger partial charge in [-0.15, -0.1) is 0 Å². The average molecular weight is 342 g/mol. The monoisotopic (exact) mass is 342 g/mol. The van der Waals surface area contributed by atoms with Crippen molar-refractivity contribution < 1.29 is 82.2 Å². The van der Waals surface area contributed by atoms with Crippen LogP contribution in [0.15, 0.2) is 0 Å². The molecule has 0 aliphatic carbocycles. The summed E-state index contributed by atoms with van der Waals surface area (Å²) in [6.45, 7) is 0. The Morgan fingerprint density at radius 3 is 1.11 bits per heavy atom. The fourth-order valence-corrected chi connectivity index (χ4v) is 0. The van der Waals surface area contributed by atoms with E-state index in [0.29, 0.717) is 0 Å². The molecule has 56 valence electrons. The van der Waals surface area contributed by atoms with E-state index in [9.17, 15) is 0 Å². The van der Waals surface area contributed by atoms with E-state index >= 15 is 0 Å². The molecule has 0 radical (unpaired) electrons. The summed E-state index contributed by atoms with van der Waals surface area (Å²) in [6, 6.07) is 0. The van der Waals surface area contributed by atoms with Crippen LogP contribution in [0.4, 0.5) is 0 Å². The first-order chi connectivity index (χ1) is 2.00. The predicted molar refractivity (Wildman–Crippen MR) is 22.6 cm³/mol. The third kappa shape index (κ3) is 196. The quantitative estimate of drug-likeness (QED) is 0.298. The van der Waals surface area contributed by atoms with Crippen molar-refractivity contribution in [3.8, 4) is 0 Å². The van der Waals surface area contributed by atoms with Crippen molar-refractivity contribution in [1.29, 1.82) is 0 Å². The van der Waals surface area contributed by atoms with Gasteiger partial charge in [0.15, 0.2) is 0 Å². The van der Waals surface area contributed by atoms with Crippen molar-refractivity contribution in [1.82, 2.24) is 0 Å². The zero-order chi connectivity index (χ0) is 4.50. The molecule has 0 bridgehead atoms. The molecule has 9 heavy (non-hydrogen) atoms. The molecule has 0 rings (SSSR count). The number of hydrogen-bond donors (Lipinski definition) is 3. The second-order valence-electron chi connectivity index (χ2n) is 0.513. The fourth-order valence-electron chi connectivity index (χ4n) is 0. The topological polar surface area (TPSA) is 141 Å². The molecule has 0 aliphatic heterocycles. The Kier molecular flexibility index (Phi) is 42.7. The van der Waals surface area contributed by atoms with Gasteiger partial charge in [-0.2, -0.15) is 0 Å². The van der Waals surface area contributed by atoms with Crippen LogP contribution in [0.25, 0.3) is 0 Å². The first-order valence-corrected chi connectivity index (χ1v) is 2.35. The normalized spacial score (nSPS) is 6.56. The van der Waals surface area contributed by atoms with E-state index in [1.807, 2.05) is 0 Å². The van der Waals surface area contributed by atoms with Crippen molar-refractivity contribution in [2.24, 2.45) is 0 Å². The maximum Gasteiger partial charge on any atom is 1.00 e. The van der Waals surface area contributed by atoms with Crippen molar-refractivity contribution in [3.05, 3.63) is 0 Å². The summed E-state index contributed by atoms with van der Waals surface area (Å²) >= 11 is 0. The van der Waals surface area contributed by atoms with Crippen LogP contribution >= 0.6 is 7.82 Å². The summed E-state index contributed by atoms with van der Waals surface area (Å²) in [5.41, 5.74) is 0. The van der Waals surface area contributed by atoms with Gasteiger partial charge in [0.2, 0.25) is 0 Å². The molecule has 7 N–H and O–H groups in total. The van der Waals surface area contributed by atoms with Crippen molar-refractivity contribution in [3.63, 3.8) is 0 Å². The van der Waals surface area contributed by atoms with E-state index in [2.05, 4.69) is 0 Å². The molecular formula is H8NaO6PW. The van der Waals surface area contributed by atoms with E-state index < -0.39 is 7.82 Å². The molecule has 0 heterocycles. The van der Waals surface area contributed by atoms with E-state index in [4.69, 9.17) is 19.2 Å². The zero-order valence-corrected chi connectivity index (χ0v) is 10.4. The van der Waals surface area contributed by atoms with E-state index in [0.717, 1.165) is 0 Å². The van der Waals surface area contributed by atoms with Gasteiger partial charge in [0.05, 0.1) is 0 Å². The summed E-state index contributed by atoms with van der Waals surface area (Å²) < 4.78 is 8.88. The fraction of sp³-hybridized carbons (Fsp3) is 0. The minimum atomic E-state index is -4.64. The zero-order valence-electron chi connectivity index (χ0n) is 5.61. The van der Waals surface area contributed by atoms with Crippen LogP contribution in [-0.4, -0.2) is 25.6 Å². The van der Waals surface area contributed by atoms with Gasteiger partial charge in [-0.05, 0) is 0 Å². The van der Waals surface area contributed by atoms with Crippen LogP contribution in [0.3, 0.4) is 0 Å². The Balaban J connectivity index is -0.00000000800. The van der Waals surface area contributed by atoms with Crippen molar-refractivity contribution in [2.75, 3.05) is 0 Å². The number of phosphoric acid groups is 1. The van der Waals surface area contributed by atoms with Crippen molar-refractivity contribution >= 4 is 7.82 Å². The van der Waals surface area contributed by atoms with Crippen LogP contribution in [0, 0.1) is 0 Å². The van der Waals surface area contributed by atoms with Gasteiger partial charge in [0.1, 0.15) is 0 Å². The Bertz CT molecular complexity index is 63.9. The van der Waals surface area contributed by atoms with E-state index in [1.165, 1.54) is 0 Å². The Labute approximate surface area is 89.6 Å². The maximum absolute atomic E-state index is 8.88. The average Bonchev–Trinajstić information content (AvgIpc) is 0.722. The SMILES string of the molecule is O.O.O=P(O)(O)O.[H-].[Na+].[W]. The van der Waals surface area contributed by atoms with E-state index in [1.54, 1.807) is 0 Å². The summed E-state index contributed by atoms with van der Waals surface area (Å²) in [4.78, 5) is 21.6. The molecule has 0 saturated carbocycles. The van der Waals surface area contributed by atoms with Gasteiger partial charge in [0, 0.05) is 21.1 Å². The van der Waals surface area contributed by atoms with Gasteiger partial charge in [0.25, 0.3) is 0 Å². The predicted octanol–water partition coefficient (Wildman–Crippen LogP) is -5.46. The van der Waals surface area contributed by atoms with Gasteiger partial charge < -0.3 is 27.1 Å². The third-order valence-corrected chi connectivity index (χ3v) is 0. The summed E-state index contributed by atoms with van der Waals surface area (Å²) in [7, 11) is -4.64. The maximum atomic E-state index is 8.88. The molecule has 6 nitrogen and oxygen atoms in total. The molecule has 9 heteroatoms. The first kappa shape index (κ1) is 31.0. The third-order valence-electron chi connectivity index (χ3n) is 0. The van der Waals surface area contributed by atoms with Crippen molar-refractivity contribution in [2.45, 2.75) is 0 Å². The largest absolute Gasteiger partial charge is 1.00 e. The van der Waals surface area contributed by atoms with Crippen LogP contribution in [-0.2, 0) is 25.6 Å². The molecule has 0 fully saturated rings. The van der Waals surface area contributed by atoms with Crippen LogP contribution < -0.4 is 29.6 Å². The number of hydrogen-bond acceptors (Lipinski definition) is 1.